The first-order valence-electron chi connectivity index (χ1n) is 9.26. The van der Waals surface area contributed by atoms with E-state index in [1.807, 2.05) is 42.8 Å². The summed E-state index contributed by atoms with van der Waals surface area (Å²) in [6.07, 6.45) is 2.00. The van der Waals surface area contributed by atoms with Gasteiger partial charge in [-0.15, -0.1) is 5.10 Å². The van der Waals surface area contributed by atoms with Crippen LogP contribution in [0.25, 0.3) is 0 Å². The molecule has 3 N–H and O–H groups in total. The lowest BCUT2D eigenvalue weighted by molar-refractivity contribution is -0.117. The quantitative estimate of drug-likeness (QED) is 0.798. The average Bonchev–Trinajstić information content (AvgIpc) is 3.04. The predicted octanol–water partition coefficient (Wildman–Crippen LogP) is 1.34. The number of aryl methyl sites for hydroxylation is 1. The van der Waals surface area contributed by atoms with Crippen LogP contribution in [0.3, 0.4) is 0 Å². The molecule has 1 fully saturated rings. The molecule has 1 aliphatic rings. The predicted molar refractivity (Wildman–Crippen MR) is 103 cm³/mol. The second-order valence-electron chi connectivity index (χ2n) is 6.96. The highest BCUT2D eigenvalue weighted by Crippen LogP contribution is 2.23. The summed E-state index contributed by atoms with van der Waals surface area (Å²) < 4.78 is 1.86. The van der Waals surface area contributed by atoms with E-state index in [1.165, 1.54) is 0 Å². The van der Waals surface area contributed by atoms with Crippen LogP contribution in [0.4, 0.5) is 5.69 Å². The molecule has 1 aliphatic heterocycles. The van der Waals surface area contributed by atoms with Crippen LogP contribution in [0.1, 0.15) is 47.1 Å². The Labute approximate surface area is 158 Å². The maximum atomic E-state index is 13.2. The number of carbonyl (C=O) groups is 2. The number of rotatable bonds is 6. The van der Waals surface area contributed by atoms with Crippen LogP contribution in [0, 0.1) is 13.8 Å². The van der Waals surface area contributed by atoms with Crippen LogP contribution < -0.4 is 16.0 Å². The molecule has 0 radical (unpaired) electrons. The van der Waals surface area contributed by atoms with E-state index >= 15 is 0 Å². The van der Waals surface area contributed by atoms with Crippen molar-refractivity contribution < 1.29 is 9.59 Å². The number of nitrogens with zero attached hydrogens (tertiary/aromatic N) is 4. The van der Waals surface area contributed by atoms with Gasteiger partial charge < -0.3 is 16.0 Å². The van der Waals surface area contributed by atoms with E-state index < -0.39 is 5.91 Å². The van der Waals surface area contributed by atoms with Crippen LogP contribution in [0.5, 0.6) is 0 Å². The zero-order valence-corrected chi connectivity index (χ0v) is 15.8. The summed E-state index contributed by atoms with van der Waals surface area (Å²) in [7, 11) is 0. The summed E-state index contributed by atoms with van der Waals surface area (Å²) in [5.41, 5.74) is 8.12. The molecule has 0 bridgehead atoms. The molecule has 0 unspecified atom stereocenters. The van der Waals surface area contributed by atoms with Gasteiger partial charge in [-0.25, -0.2) is 4.68 Å². The van der Waals surface area contributed by atoms with Crippen molar-refractivity contribution in [3.8, 4) is 0 Å². The van der Waals surface area contributed by atoms with Crippen LogP contribution in [-0.4, -0.2) is 46.4 Å². The number of primary amides is 1. The number of hydrogen-bond acceptors (Lipinski definition) is 5. The first-order valence-corrected chi connectivity index (χ1v) is 9.26. The largest absolute Gasteiger partial charge is 0.370 e. The topological polar surface area (TPSA) is 106 Å². The molecular formula is C19H26N6O2. The van der Waals surface area contributed by atoms with Crippen molar-refractivity contribution in [2.45, 2.75) is 39.2 Å². The van der Waals surface area contributed by atoms with E-state index in [0.717, 1.165) is 42.9 Å². The van der Waals surface area contributed by atoms with Gasteiger partial charge in [0.2, 0.25) is 5.91 Å². The van der Waals surface area contributed by atoms with Gasteiger partial charge in [0, 0.05) is 18.7 Å². The molecule has 1 aromatic carbocycles. The van der Waals surface area contributed by atoms with Crippen molar-refractivity contribution in [1.29, 1.82) is 0 Å². The van der Waals surface area contributed by atoms with Crippen molar-refractivity contribution in [2.24, 2.45) is 5.73 Å². The Kier molecular flexibility index (Phi) is 5.85. The number of amides is 2. The summed E-state index contributed by atoms with van der Waals surface area (Å²) in [5.74, 6) is -0.713. The molecule has 2 heterocycles. The Bertz CT molecular complexity index is 825. The highest BCUT2D eigenvalue weighted by atomic mass is 16.2. The lowest BCUT2D eigenvalue weighted by Gasteiger charge is -2.24. The third-order valence-electron chi connectivity index (χ3n) is 4.92. The summed E-state index contributed by atoms with van der Waals surface area (Å²) in [4.78, 5) is 26.1. The Hall–Kier alpha value is -2.74. The Morgan fingerprint density at radius 1 is 1.30 bits per heavy atom. The molecule has 1 aromatic heterocycles. The van der Waals surface area contributed by atoms with Crippen LogP contribution in [0.15, 0.2) is 24.3 Å². The van der Waals surface area contributed by atoms with Gasteiger partial charge in [-0.2, -0.15) is 0 Å². The van der Waals surface area contributed by atoms with Crippen molar-refractivity contribution >= 4 is 17.5 Å². The summed E-state index contributed by atoms with van der Waals surface area (Å²) in [5, 5.41) is 11.7. The molecule has 0 saturated carbocycles. The van der Waals surface area contributed by atoms with E-state index in [-0.39, 0.29) is 24.9 Å². The monoisotopic (exact) mass is 370 g/mol. The summed E-state index contributed by atoms with van der Waals surface area (Å²) in [6, 6.07) is 7.84. The van der Waals surface area contributed by atoms with Crippen molar-refractivity contribution in [1.82, 2.24) is 20.3 Å². The molecule has 0 spiro atoms. The van der Waals surface area contributed by atoms with Gasteiger partial charge in [-0.3, -0.25) is 9.59 Å². The second kappa shape index (κ2) is 8.30. The van der Waals surface area contributed by atoms with Crippen molar-refractivity contribution in [2.75, 3.05) is 24.5 Å². The van der Waals surface area contributed by atoms with Gasteiger partial charge >= 0.3 is 0 Å². The number of nitrogens with one attached hydrogen (secondary N) is 1. The van der Waals surface area contributed by atoms with Gasteiger partial charge in [0.25, 0.3) is 5.91 Å². The minimum atomic E-state index is -0.449. The van der Waals surface area contributed by atoms with Crippen molar-refractivity contribution in [3.63, 3.8) is 0 Å². The standard InChI is InChI=1S/C19H26N6O2/c1-13-4-3-5-16(12-13)24(11-8-17(20)26)19(27)18-14(2)25(23-22-18)15-6-9-21-10-7-15/h3-5,12,15,21H,6-11H2,1-2H3,(H2,20,26). The highest BCUT2D eigenvalue weighted by Gasteiger charge is 2.27. The molecule has 144 valence electrons. The minimum Gasteiger partial charge on any atom is -0.370 e. The Balaban J connectivity index is 1.89. The number of hydrogen-bond donors (Lipinski definition) is 2. The highest BCUT2D eigenvalue weighted by molar-refractivity contribution is 6.05. The number of aromatic nitrogens is 3. The molecular weight excluding hydrogens is 344 g/mol. The van der Waals surface area contributed by atoms with E-state index in [4.69, 9.17) is 5.73 Å². The number of carbonyl (C=O) groups excluding carboxylic acids is 2. The van der Waals surface area contributed by atoms with Gasteiger partial charge in [0.15, 0.2) is 5.69 Å². The van der Waals surface area contributed by atoms with E-state index in [1.54, 1.807) is 4.90 Å². The van der Waals surface area contributed by atoms with Gasteiger partial charge in [0.05, 0.1) is 11.7 Å². The van der Waals surface area contributed by atoms with Crippen molar-refractivity contribution in [3.05, 3.63) is 41.2 Å². The summed E-state index contributed by atoms with van der Waals surface area (Å²) in [6.45, 7) is 5.90. The van der Waals surface area contributed by atoms with Gasteiger partial charge in [-0.1, -0.05) is 17.3 Å². The molecule has 8 nitrogen and oxygen atoms in total. The first-order chi connectivity index (χ1) is 13.0. The molecule has 0 atom stereocenters. The van der Waals surface area contributed by atoms with E-state index in [0.29, 0.717) is 5.69 Å². The molecule has 8 heteroatoms. The van der Waals surface area contributed by atoms with Crippen LogP contribution >= 0.6 is 0 Å². The second-order valence-corrected chi connectivity index (χ2v) is 6.96. The Morgan fingerprint density at radius 2 is 2.04 bits per heavy atom. The fourth-order valence-electron chi connectivity index (χ4n) is 3.43. The number of anilines is 1. The summed E-state index contributed by atoms with van der Waals surface area (Å²) >= 11 is 0. The Morgan fingerprint density at radius 3 is 2.70 bits per heavy atom. The van der Waals surface area contributed by atoms with E-state index in [9.17, 15) is 9.59 Å². The fourth-order valence-corrected chi connectivity index (χ4v) is 3.43. The fraction of sp³-hybridized carbons (Fsp3) is 0.474. The number of benzene rings is 1. The number of piperidine rings is 1. The lowest BCUT2D eigenvalue weighted by Crippen LogP contribution is -2.35. The zero-order valence-electron chi connectivity index (χ0n) is 15.8. The molecule has 3 rings (SSSR count). The molecule has 0 aliphatic carbocycles. The smallest absolute Gasteiger partial charge is 0.280 e. The maximum Gasteiger partial charge on any atom is 0.280 e. The van der Waals surface area contributed by atoms with Crippen LogP contribution in [0.2, 0.25) is 0 Å². The average molecular weight is 370 g/mol. The minimum absolute atomic E-state index is 0.0845. The third kappa shape index (κ3) is 4.33. The molecule has 1 saturated heterocycles. The first kappa shape index (κ1) is 19.0. The van der Waals surface area contributed by atoms with Gasteiger partial charge in [-0.05, 0) is 57.5 Å². The molecule has 2 aromatic rings. The number of nitrogens with two attached hydrogens (primary N) is 1. The van der Waals surface area contributed by atoms with Crippen LogP contribution in [-0.2, 0) is 4.79 Å². The lowest BCUT2D eigenvalue weighted by atomic mass is 10.1. The normalized spacial score (nSPS) is 14.9. The molecule has 2 amide bonds. The molecule has 27 heavy (non-hydrogen) atoms. The van der Waals surface area contributed by atoms with Gasteiger partial charge in [0.1, 0.15) is 0 Å². The SMILES string of the molecule is Cc1cccc(N(CCC(N)=O)C(=O)c2nnn(C3CCNCC3)c2C)c1. The third-order valence-corrected chi connectivity index (χ3v) is 4.92. The zero-order chi connectivity index (χ0) is 19.4. The maximum absolute atomic E-state index is 13.2. The van der Waals surface area contributed by atoms with E-state index in [2.05, 4.69) is 15.6 Å².